The van der Waals surface area contributed by atoms with E-state index in [2.05, 4.69) is 9.71 Å². The highest BCUT2D eigenvalue weighted by Gasteiger charge is 2.30. The minimum atomic E-state index is -4.49. The van der Waals surface area contributed by atoms with Crippen LogP contribution in [0.3, 0.4) is 0 Å². The Morgan fingerprint density at radius 3 is 2.40 bits per heavy atom. The second-order valence-electron chi connectivity index (χ2n) is 5.08. The van der Waals surface area contributed by atoms with Crippen LogP contribution in [0.25, 0.3) is 10.2 Å². The maximum absolute atomic E-state index is 12.5. The van der Waals surface area contributed by atoms with Gasteiger partial charge in [-0.3, -0.25) is 4.72 Å². The number of hydrogen-bond acceptors (Lipinski definition) is 5. The van der Waals surface area contributed by atoms with E-state index in [1.807, 2.05) is 0 Å². The summed E-state index contributed by atoms with van der Waals surface area (Å²) in [5, 5.41) is 9.54. The fourth-order valence-corrected chi connectivity index (χ4v) is 4.02. The van der Waals surface area contributed by atoms with Crippen LogP contribution in [-0.4, -0.2) is 18.5 Å². The summed E-state index contributed by atoms with van der Waals surface area (Å²) in [5.41, 5.74) is -0.428. The Hall–Kier alpha value is -2.17. The molecule has 132 valence electrons. The first-order chi connectivity index (χ1) is 11.7. The van der Waals surface area contributed by atoms with Crippen molar-refractivity contribution in [1.82, 2.24) is 4.98 Å². The van der Waals surface area contributed by atoms with Gasteiger partial charge in [0.1, 0.15) is 5.01 Å². The molecule has 0 aliphatic heterocycles. The number of aliphatic hydroxyl groups excluding tert-OH is 1. The van der Waals surface area contributed by atoms with E-state index in [-0.39, 0.29) is 17.2 Å². The fourth-order valence-electron chi connectivity index (χ4n) is 2.13. The van der Waals surface area contributed by atoms with E-state index in [9.17, 15) is 21.6 Å². The molecule has 0 spiro atoms. The van der Waals surface area contributed by atoms with Crippen molar-refractivity contribution in [2.45, 2.75) is 17.7 Å². The van der Waals surface area contributed by atoms with Gasteiger partial charge < -0.3 is 5.11 Å². The van der Waals surface area contributed by atoms with Crippen LogP contribution in [0.5, 0.6) is 0 Å². The first-order valence-electron chi connectivity index (χ1n) is 6.89. The summed E-state index contributed by atoms with van der Waals surface area (Å²) < 4.78 is 65.4. The maximum Gasteiger partial charge on any atom is 0.416 e. The molecule has 0 atom stereocenters. The largest absolute Gasteiger partial charge is 0.416 e. The Morgan fingerprint density at radius 2 is 1.80 bits per heavy atom. The number of alkyl halides is 3. The highest BCUT2D eigenvalue weighted by atomic mass is 32.2. The van der Waals surface area contributed by atoms with Crippen LogP contribution >= 0.6 is 11.3 Å². The molecule has 3 rings (SSSR count). The van der Waals surface area contributed by atoms with Crippen molar-refractivity contribution in [3.63, 3.8) is 0 Å². The zero-order chi connectivity index (χ0) is 18.2. The number of hydrogen-bond donors (Lipinski definition) is 2. The number of aromatic nitrogens is 1. The van der Waals surface area contributed by atoms with Crippen LogP contribution in [0.15, 0.2) is 47.4 Å². The third-order valence-corrected chi connectivity index (χ3v) is 5.71. The summed E-state index contributed by atoms with van der Waals surface area (Å²) >= 11 is 1.24. The van der Waals surface area contributed by atoms with Crippen molar-refractivity contribution < 1.29 is 26.7 Å². The first kappa shape index (κ1) is 17.6. The van der Waals surface area contributed by atoms with Gasteiger partial charge in [0.25, 0.3) is 10.0 Å². The molecule has 0 fully saturated rings. The van der Waals surface area contributed by atoms with Gasteiger partial charge in [-0.1, -0.05) is 0 Å². The number of thiazole rings is 1. The summed E-state index contributed by atoms with van der Waals surface area (Å²) in [7, 11) is -3.98. The summed E-state index contributed by atoms with van der Waals surface area (Å²) in [6, 6.07) is 7.97. The summed E-state index contributed by atoms with van der Waals surface area (Å²) in [6.07, 6.45) is -4.49. The Kier molecular flexibility index (Phi) is 4.43. The summed E-state index contributed by atoms with van der Waals surface area (Å²) in [6.45, 7) is -0.245. The number of aliphatic hydroxyl groups is 1. The topological polar surface area (TPSA) is 79.3 Å². The van der Waals surface area contributed by atoms with Gasteiger partial charge in [0.2, 0.25) is 0 Å². The maximum atomic E-state index is 12.5. The Labute approximate surface area is 144 Å². The standard InChI is InChI=1S/C15H11F3N2O3S2/c16-15(17,18)9-1-3-10(4-2-9)20-25(22,23)11-5-6-13-12(7-11)19-14(8-21)24-13/h1-7,20-21H,8H2. The fraction of sp³-hybridized carbons (Fsp3) is 0.133. The average molecular weight is 388 g/mol. The van der Waals surface area contributed by atoms with Gasteiger partial charge in [0, 0.05) is 5.69 Å². The number of nitrogens with one attached hydrogen (secondary N) is 1. The van der Waals surface area contributed by atoms with E-state index >= 15 is 0 Å². The van der Waals surface area contributed by atoms with Gasteiger partial charge in [0.05, 0.1) is 27.3 Å². The van der Waals surface area contributed by atoms with E-state index in [0.717, 1.165) is 29.0 Å². The third-order valence-electron chi connectivity index (χ3n) is 3.31. The minimum absolute atomic E-state index is 0.0161. The predicted molar refractivity (Wildman–Crippen MR) is 87.8 cm³/mol. The number of anilines is 1. The lowest BCUT2D eigenvalue weighted by atomic mass is 10.2. The Balaban J connectivity index is 1.88. The Morgan fingerprint density at radius 1 is 1.12 bits per heavy atom. The third kappa shape index (κ3) is 3.75. The number of fused-ring (bicyclic) bond motifs is 1. The van der Waals surface area contributed by atoms with Gasteiger partial charge in [0.15, 0.2) is 0 Å². The second-order valence-corrected chi connectivity index (χ2v) is 7.87. The molecular weight excluding hydrogens is 377 g/mol. The molecule has 2 N–H and O–H groups in total. The molecule has 25 heavy (non-hydrogen) atoms. The van der Waals surface area contributed by atoms with E-state index in [1.54, 1.807) is 6.07 Å². The molecule has 10 heteroatoms. The SMILES string of the molecule is O=S(=O)(Nc1ccc(C(F)(F)F)cc1)c1ccc2sc(CO)nc2c1. The molecule has 0 bridgehead atoms. The zero-order valence-corrected chi connectivity index (χ0v) is 14.0. The summed E-state index contributed by atoms with van der Waals surface area (Å²) in [5.74, 6) is 0. The highest BCUT2D eigenvalue weighted by Crippen LogP contribution is 2.30. The van der Waals surface area contributed by atoms with Crippen molar-refractivity contribution in [2.75, 3.05) is 4.72 Å². The molecule has 0 saturated carbocycles. The molecule has 2 aromatic carbocycles. The number of benzene rings is 2. The molecule has 1 aromatic heterocycles. The minimum Gasteiger partial charge on any atom is -0.389 e. The smallest absolute Gasteiger partial charge is 0.389 e. The summed E-state index contributed by atoms with van der Waals surface area (Å²) in [4.78, 5) is 4.03. The quantitative estimate of drug-likeness (QED) is 0.716. The average Bonchev–Trinajstić information content (AvgIpc) is 2.96. The first-order valence-corrected chi connectivity index (χ1v) is 9.19. The molecule has 0 radical (unpaired) electrons. The Bertz CT molecular complexity index is 1010. The molecule has 0 amide bonds. The van der Waals surface area contributed by atoms with Crippen molar-refractivity contribution >= 4 is 37.3 Å². The molecule has 0 aliphatic rings. The lowest BCUT2D eigenvalue weighted by molar-refractivity contribution is -0.137. The van der Waals surface area contributed by atoms with Gasteiger partial charge in [-0.05, 0) is 42.5 Å². The second kappa shape index (κ2) is 6.28. The van der Waals surface area contributed by atoms with E-state index in [4.69, 9.17) is 5.11 Å². The van der Waals surface area contributed by atoms with Crippen LogP contribution in [0, 0.1) is 0 Å². The molecule has 0 saturated heterocycles. The van der Waals surface area contributed by atoms with E-state index in [1.165, 1.54) is 23.5 Å². The van der Waals surface area contributed by atoms with Crippen molar-refractivity contribution in [1.29, 1.82) is 0 Å². The predicted octanol–water partition coefficient (Wildman–Crippen LogP) is 3.61. The van der Waals surface area contributed by atoms with Gasteiger partial charge >= 0.3 is 6.18 Å². The molecule has 5 nitrogen and oxygen atoms in total. The van der Waals surface area contributed by atoms with Crippen LogP contribution in [0.1, 0.15) is 10.6 Å². The monoisotopic (exact) mass is 388 g/mol. The van der Waals surface area contributed by atoms with E-state index in [0.29, 0.717) is 10.5 Å². The number of sulfonamides is 1. The van der Waals surface area contributed by atoms with Crippen LogP contribution in [-0.2, 0) is 22.8 Å². The molecule has 3 aromatic rings. The van der Waals surface area contributed by atoms with Crippen LogP contribution in [0.2, 0.25) is 0 Å². The molecule has 0 unspecified atom stereocenters. The highest BCUT2D eigenvalue weighted by molar-refractivity contribution is 7.92. The van der Waals surface area contributed by atoms with Crippen molar-refractivity contribution in [2.24, 2.45) is 0 Å². The number of halogens is 3. The molecular formula is C15H11F3N2O3S2. The number of rotatable bonds is 4. The lowest BCUT2D eigenvalue weighted by Gasteiger charge is -2.10. The van der Waals surface area contributed by atoms with Crippen LogP contribution in [0.4, 0.5) is 18.9 Å². The van der Waals surface area contributed by atoms with Crippen molar-refractivity contribution in [3.05, 3.63) is 53.0 Å². The number of nitrogens with zero attached hydrogens (tertiary/aromatic N) is 1. The van der Waals surface area contributed by atoms with Crippen LogP contribution < -0.4 is 4.72 Å². The molecule has 0 aliphatic carbocycles. The zero-order valence-electron chi connectivity index (χ0n) is 12.4. The van der Waals surface area contributed by atoms with Crippen molar-refractivity contribution in [3.8, 4) is 0 Å². The van der Waals surface area contributed by atoms with E-state index < -0.39 is 21.8 Å². The van der Waals surface area contributed by atoms with Gasteiger partial charge in [-0.15, -0.1) is 11.3 Å². The van der Waals surface area contributed by atoms with Gasteiger partial charge in [-0.2, -0.15) is 13.2 Å². The normalized spacial score (nSPS) is 12.5. The molecule has 1 heterocycles. The van der Waals surface area contributed by atoms with Gasteiger partial charge in [-0.25, -0.2) is 13.4 Å². The lowest BCUT2D eigenvalue weighted by Crippen LogP contribution is -2.13.